The predicted molar refractivity (Wildman–Crippen MR) is 82.8 cm³/mol. The van der Waals surface area contributed by atoms with Gasteiger partial charge in [-0.2, -0.15) is 0 Å². The standard InChI is InChI=1S/C17H28ClNO/c1-3-14(4-5-18)19-15(20)17-9-12-6-13(10-17)8-16(2,7-12)11-17/h12-14H,3-11H2,1-2H3,(H,19,20). The zero-order chi connectivity index (χ0) is 14.4. The van der Waals surface area contributed by atoms with Crippen molar-refractivity contribution < 1.29 is 4.79 Å². The summed E-state index contributed by atoms with van der Waals surface area (Å²) in [6.07, 6.45) is 9.38. The second-order valence-corrected chi connectivity index (χ2v) is 8.49. The van der Waals surface area contributed by atoms with Gasteiger partial charge in [-0.05, 0) is 68.6 Å². The van der Waals surface area contributed by atoms with Gasteiger partial charge in [0.15, 0.2) is 0 Å². The Balaban J connectivity index is 1.74. The van der Waals surface area contributed by atoms with Crippen LogP contribution in [0.4, 0.5) is 0 Å². The lowest BCUT2D eigenvalue weighted by atomic mass is 9.44. The van der Waals surface area contributed by atoms with Crippen LogP contribution in [0.3, 0.4) is 0 Å². The number of alkyl halides is 1. The van der Waals surface area contributed by atoms with E-state index in [4.69, 9.17) is 11.6 Å². The molecule has 3 heteroatoms. The number of carbonyl (C=O) groups excluding carboxylic acids is 1. The summed E-state index contributed by atoms with van der Waals surface area (Å²) in [6, 6.07) is 0.265. The fourth-order valence-electron chi connectivity index (χ4n) is 5.83. The van der Waals surface area contributed by atoms with E-state index in [1.807, 2.05) is 0 Å². The first kappa shape index (κ1) is 14.7. The highest BCUT2D eigenvalue weighted by atomic mass is 35.5. The highest BCUT2D eigenvalue weighted by Crippen LogP contribution is 2.65. The molecule has 1 amide bonds. The topological polar surface area (TPSA) is 29.1 Å². The van der Waals surface area contributed by atoms with E-state index in [2.05, 4.69) is 19.2 Å². The fourth-order valence-corrected chi connectivity index (χ4v) is 6.10. The van der Waals surface area contributed by atoms with Crippen molar-refractivity contribution in [1.82, 2.24) is 5.32 Å². The first-order valence-corrected chi connectivity index (χ1v) is 8.89. The number of halogens is 1. The van der Waals surface area contributed by atoms with Crippen LogP contribution >= 0.6 is 11.6 Å². The largest absolute Gasteiger partial charge is 0.353 e. The van der Waals surface area contributed by atoms with E-state index in [-0.39, 0.29) is 11.5 Å². The van der Waals surface area contributed by atoms with Gasteiger partial charge in [-0.25, -0.2) is 0 Å². The van der Waals surface area contributed by atoms with Crippen molar-refractivity contribution in [1.29, 1.82) is 0 Å². The summed E-state index contributed by atoms with van der Waals surface area (Å²) in [4.78, 5) is 12.9. The maximum Gasteiger partial charge on any atom is 0.226 e. The van der Waals surface area contributed by atoms with Gasteiger partial charge in [0.25, 0.3) is 0 Å². The van der Waals surface area contributed by atoms with Gasteiger partial charge in [0, 0.05) is 11.9 Å². The zero-order valence-corrected chi connectivity index (χ0v) is 13.6. The van der Waals surface area contributed by atoms with Crippen LogP contribution < -0.4 is 5.32 Å². The number of rotatable bonds is 5. The molecule has 3 atom stereocenters. The number of hydrogen-bond acceptors (Lipinski definition) is 1. The van der Waals surface area contributed by atoms with Gasteiger partial charge in [-0.3, -0.25) is 4.79 Å². The van der Waals surface area contributed by atoms with Crippen molar-refractivity contribution in [3.05, 3.63) is 0 Å². The first-order chi connectivity index (χ1) is 9.48. The Hall–Kier alpha value is -0.240. The smallest absolute Gasteiger partial charge is 0.226 e. The summed E-state index contributed by atoms with van der Waals surface area (Å²) < 4.78 is 0. The molecule has 4 fully saturated rings. The molecule has 114 valence electrons. The molecule has 0 aromatic carbocycles. The molecule has 4 saturated carbocycles. The molecule has 2 nitrogen and oxygen atoms in total. The van der Waals surface area contributed by atoms with Crippen molar-refractivity contribution in [2.45, 2.75) is 71.3 Å². The van der Waals surface area contributed by atoms with Crippen LogP contribution in [0.15, 0.2) is 0 Å². The quantitative estimate of drug-likeness (QED) is 0.760. The highest BCUT2D eigenvalue weighted by molar-refractivity contribution is 6.17. The van der Waals surface area contributed by atoms with Gasteiger partial charge in [-0.1, -0.05) is 13.8 Å². The lowest BCUT2D eigenvalue weighted by molar-refractivity contribution is -0.156. The Labute approximate surface area is 128 Å². The molecular formula is C17H28ClNO. The van der Waals surface area contributed by atoms with E-state index in [0.717, 1.165) is 43.9 Å². The van der Waals surface area contributed by atoms with Crippen LogP contribution in [0.5, 0.6) is 0 Å². The Morgan fingerprint density at radius 3 is 2.45 bits per heavy atom. The first-order valence-electron chi connectivity index (χ1n) is 8.35. The van der Waals surface area contributed by atoms with Gasteiger partial charge in [-0.15, -0.1) is 11.6 Å². The normalized spacial score (nSPS) is 43.5. The van der Waals surface area contributed by atoms with Gasteiger partial charge in [0.2, 0.25) is 5.91 Å². The average Bonchev–Trinajstić information content (AvgIpc) is 2.35. The highest BCUT2D eigenvalue weighted by Gasteiger charge is 2.58. The van der Waals surface area contributed by atoms with E-state index in [0.29, 0.717) is 17.2 Å². The maximum absolute atomic E-state index is 12.9. The molecule has 0 aliphatic heterocycles. The van der Waals surface area contributed by atoms with E-state index >= 15 is 0 Å². The lowest BCUT2D eigenvalue weighted by Gasteiger charge is -2.60. The van der Waals surface area contributed by atoms with Crippen LogP contribution in [0, 0.1) is 22.7 Å². The third-order valence-electron chi connectivity index (χ3n) is 6.12. The second-order valence-electron chi connectivity index (χ2n) is 8.11. The summed E-state index contributed by atoms with van der Waals surface area (Å²) >= 11 is 5.85. The monoisotopic (exact) mass is 297 g/mol. The van der Waals surface area contributed by atoms with Crippen molar-refractivity contribution in [3.8, 4) is 0 Å². The fraction of sp³-hybridized carbons (Fsp3) is 0.941. The number of carbonyl (C=O) groups is 1. The molecule has 0 aromatic heterocycles. The van der Waals surface area contributed by atoms with E-state index in [1.165, 1.54) is 19.3 Å². The molecule has 4 aliphatic rings. The molecule has 4 aliphatic carbocycles. The van der Waals surface area contributed by atoms with Crippen LogP contribution in [-0.4, -0.2) is 17.8 Å². The van der Waals surface area contributed by atoms with Gasteiger partial charge in [0.05, 0.1) is 5.41 Å². The molecule has 0 spiro atoms. The third-order valence-corrected chi connectivity index (χ3v) is 6.34. The molecule has 1 N–H and O–H groups in total. The Morgan fingerprint density at radius 1 is 1.30 bits per heavy atom. The summed E-state index contributed by atoms with van der Waals surface area (Å²) in [6.45, 7) is 4.56. The molecule has 0 radical (unpaired) electrons. The SMILES string of the molecule is CCC(CCCl)NC(=O)C12CC3CC(CC(C)(C3)C1)C2. The van der Waals surface area contributed by atoms with Crippen molar-refractivity contribution >= 4 is 17.5 Å². The number of amides is 1. The van der Waals surface area contributed by atoms with Crippen molar-refractivity contribution in [2.24, 2.45) is 22.7 Å². The van der Waals surface area contributed by atoms with E-state index in [1.54, 1.807) is 0 Å². The molecule has 3 unspecified atom stereocenters. The van der Waals surface area contributed by atoms with E-state index in [9.17, 15) is 4.79 Å². The molecule has 0 heterocycles. The minimum atomic E-state index is -0.0431. The number of hydrogen-bond donors (Lipinski definition) is 1. The Bertz CT molecular complexity index is 380. The van der Waals surface area contributed by atoms with Crippen LogP contribution in [0.1, 0.15) is 65.2 Å². The van der Waals surface area contributed by atoms with Gasteiger partial charge < -0.3 is 5.32 Å². The average molecular weight is 298 g/mol. The molecule has 0 saturated heterocycles. The second kappa shape index (κ2) is 5.19. The Kier molecular flexibility index (Phi) is 3.81. The number of nitrogens with one attached hydrogen (secondary N) is 1. The van der Waals surface area contributed by atoms with Crippen LogP contribution in [0.25, 0.3) is 0 Å². The summed E-state index contributed by atoms with van der Waals surface area (Å²) in [5.74, 6) is 2.59. The molecule has 20 heavy (non-hydrogen) atoms. The maximum atomic E-state index is 12.9. The zero-order valence-electron chi connectivity index (χ0n) is 12.9. The van der Waals surface area contributed by atoms with Crippen LogP contribution in [-0.2, 0) is 4.79 Å². The third kappa shape index (κ3) is 2.49. The van der Waals surface area contributed by atoms with Gasteiger partial charge in [0.1, 0.15) is 0 Å². The minimum Gasteiger partial charge on any atom is -0.353 e. The van der Waals surface area contributed by atoms with E-state index < -0.39 is 0 Å². The molecular weight excluding hydrogens is 270 g/mol. The van der Waals surface area contributed by atoms with Crippen molar-refractivity contribution in [2.75, 3.05) is 5.88 Å². The van der Waals surface area contributed by atoms with Crippen molar-refractivity contribution in [3.63, 3.8) is 0 Å². The Morgan fingerprint density at radius 2 is 1.95 bits per heavy atom. The summed E-state index contributed by atoms with van der Waals surface area (Å²) in [5, 5.41) is 3.32. The minimum absolute atomic E-state index is 0.0431. The molecule has 0 aromatic rings. The summed E-state index contributed by atoms with van der Waals surface area (Å²) in [5.41, 5.74) is 0.397. The molecule has 4 bridgehead atoms. The molecule has 4 rings (SSSR count). The van der Waals surface area contributed by atoms with Gasteiger partial charge >= 0.3 is 0 Å². The summed E-state index contributed by atoms with van der Waals surface area (Å²) in [7, 11) is 0. The lowest BCUT2D eigenvalue weighted by Crippen LogP contribution is -2.57. The van der Waals surface area contributed by atoms with Crippen LogP contribution in [0.2, 0.25) is 0 Å². The predicted octanol–water partition coefficient (Wildman–Crippen LogP) is 4.12.